The highest BCUT2D eigenvalue weighted by Gasteiger charge is 2.25. The average Bonchev–Trinajstić information content (AvgIpc) is 2.70. The van der Waals surface area contributed by atoms with Crippen molar-refractivity contribution in [1.82, 2.24) is 25.4 Å². The second-order valence-corrected chi connectivity index (χ2v) is 4.92. The molecule has 1 heterocycles. The number of aryl methyl sites for hydroxylation is 1. The number of hydrogen-bond acceptors (Lipinski definition) is 5. The highest BCUT2D eigenvalue weighted by atomic mass is 16.4. The number of hydrogen-bond donors (Lipinski definition) is 4. The Labute approximate surface area is 116 Å². The highest BCUT2D eigenvalue weighted by molar-refractivity contribution is 5.74. The molecule has 1 rings (SSSR count). The number of carbonyl (C=O) groups excluding carboxylic acids is 1. The Morgan fingerprint density at radius 1 is 1.50 bits per heavy atom. The molecule has 0 saturated heterocycles. The number of carboxylic acids is 1. The molecule has 9 heteroatoms. The maximum absolute atomic E-state index is 11.8. The van der Waals surface area contributed by atoms with Gasteiger partial charge in [0, 0.05) is 13.6 Å². The van der Waals surface area contributed by atoms with Crippen LogP contribution in [0.4, 0.5) is 4.79 Å². The molecule has 1 atom stereocenters. The number of carboxylic acid groups (broad SMARTS) is 1. The molecule has 0 aliphatic rings. The smallest absolute Gasteiger partial charge is 0.317 e. The van der Waals surface area contributed by atoms with E-state index < -0.39 is 24.0 Å². The second-order valence-electron chi connectivity index (χ2n) is 4.92. The summed E-state index contributed by atoms with van der Waals surface area (Å²) in [4.78, 5) is 27.7. The van der Waals surface area contributed by atoms with E-state index in [2.05, 4.69) is 20.5 Å². The molecule has 0 saturated carbocycles. The third-order valence-corrected chi connectivity index (χ3v) is 2.52. The molecular formula is C11H19N5O4. The monoisotopic (exact) mass is 285 g/mol. The van der Waals surface area contributed by atoms with E-state index in [9.17, 15) is 14.7 Å². The molecule has 0 fully saturated rings. The number of aromatic nitrogens is 3. The quantitative estimate of drug-likeness (QED) is 0.556. The zero-order valence-corrected chi connectivity index (χ0v) is 11.7. The average molecular weight is 285 g/mol. The molecular weight excluding hydrogens is 266 g/mol. The molecule has 9 nitrogen and oxygen atoms in total. The van der Waals surface area contributed by atoms with Crippen LogP contribution in [0, 0.1) is 6.92 Å². The number of rotatable bonds is 6. The number of amides is 2. The number of aromatic amines is 1. The van der Waals surface area contributed by atoms with Crippen molar-refractivity contribution in [3.8, 4) is 0 Å². The minimum atomic E-state index is -1.50. The Bertz CT molecular complexity index is 485. The minimum Gasteiger partial charge on any atom is -0.481 e. The molecule has 0 radical (unpaired) electrons. The van der Waals surface area contributed by atoms with Crippen LogP contribution in [0.15, 0.2) is 0 Å². The molecule has 0 aliphatic heterocycles. The lowest BCUT2D eigenvalue weighted by molar-refractivity contribution is -0.141. The van der Waals surface area contributed by atoms with Gasteiger partial charge in [0.2, 0.25) is 0 Å². The first-order chi connectivity index (χ1) is 9.19. The van der Waals surface area contributed by atoms with E-state index in [1.807, 2.05) is 0 Å². The van der Waals surface area contributed by atoms with Crippen LogP contribution >= 0.6 is 0 Å². The fourth-order valence-corrected chi connectivity index (χ4v) is 1.53. The van der Waals surface area contributed by atoms with Crippen LogP contribution in [-0.4, -0.2) is 61.5 Å². The molecule has 1 aromatic heterocycles. The third kappa shape index (κ3) is 5.22. The van der Waals surface area contributed by atoms with Crippen LogP contribution in [0.1, 0.15) is 25.0 Å². The summed E-state index contributed by atoms with van der Waals surface area (Å²) in [5, 5.41) is 27.4. The van der Waals surface area contributed by atoms with Crippen molar-refractivity contribution in [3.05, 3.63) is 11.6 Å². The van der Waals surface area contributed by atoms with E-state index in [4.69, 9.17) is 5.11 Å². The van der Waals surface area contributed by atoms with Gasteiger partial charge in [0.25, 0.3) is 0 Å². The Hall–Kier alpha value is -2.16. The third-order valence-electron chi connectivity index (χ3n) is 2.52. The lowest BCUT2D eigenvalue weighted by atomic mass is 10.0. The van der Waals surface area contributed by atoms with Crippen molar-refractivity contribution in [3.63, 3.8) is 0 Å². The van der Waals surface area contributed by atoms with Gasteiger partial charge in [-0.25, -0.2) is 9.78 Å². The van der Waals surface area contributed by atoms with Crippen LogP contribution < -0.4 is 5.32 Å². The molecule has 4 N–H and O–H groups in total. The molecule has 1 aromatic rings. The minimum absolute atomic E-state index is 0.157. The van der Waals surface area contributed by atoms with Gasteiger partial charge in [0.15, 0.2) is 5.82 Å². The Kier molecular flexibility index (Phi) is 5.03. The van der Waals surface area contributed by atoms with Crippen molar-refractivity contribution < 1.29 is 19.8 Å². The van der Waals surface area contributed by atoms with E-state index in [0.29, 0.717) is 11.6 Å². The number of carbonyl (C=O) groups is 2. The number of nitrogens with zero attached hydrogens (tertiary/aromatic N) is 3. The Balaban J connectivity index is 2.44. The van der Waals surface area contributed by atoms with Crippen molar-refractivity contribution in [2.75, 3.05) is 13.6 Å². The molecule has 0 bridgehead atoms. The van der Waals surface area contributed by atoms with Gasteiger partial charge in [-0.3, -0.25) is 9.89 Å². The maximum Gasteiger partial charge on any atom is 0.317 e. The predicted octanol–water partition coefficient (Wildman–Crippen LogP) is -0.520. The maximum atomic E-state index is 11.8. The van der Waals surface area contributed by atoms with Crippen LogP contribution in [0.2, 0.25) is 0 Å². The zero-order chi connectivity index (χ0) is 15.3. The van der Waals surface area contributed by atoms with Crippen molar-refractivity contribution in [2.45, 2.75) is 32.4 Å². The summed E-state index contributed by atoms with van der Waals surface area (Å²) in [6.07, 6.45) is -0.447. The normalized spacial score (nSPS) is 13.6. The fourth-order valence-electron chi connectivity index (χ4n) is 1.53. The predicted molar refractivity (Wildman–Crippen MR) is 68.9 cm³/mol. The van der Waals surface area contributed by atoms with Gasteiger partial charge in [-0.15, -0.1) is 0 Å². The van der Waals surface area contributed by atoms with Gasteiger partial charge in [0.05, 0.1) is 18.6 Å². The van der Waals surface area contributed by atoms with Crippen molar-refractivity contribution >= 4 is 12.0 Å². The van der Waals surface area contributed by atoms with E-state index >= 15 is 0 Å². The number of aliphatic hydroxyl groups is 1. The Morgan fingerprint density at radius 2 is 2.15 bits per heavy atom. The van der Waals surface area contributed by atoms with E-state index in [0.717, 1.165) is 0 Å². The summed E-state index contributed by atoms with van der Waals surface area (Å²) in [6.45, 7) is 3.15. The first kappa shape index (κ1) is 15.9. The molecule has 2 amide bonds. The zero-order valence-electron chi connectivity index (χ0n) is 11.7. The van der Waals surface area contributed by atoms with Crippen LogP contribution in [0.5, 0.6) is 0 Å². The lowest BCUT2D eigenvalue weighted by Crippen LogP contribution is -2.46. The fraction of sp³-hybridized carbons (Fsp3) is 0.636. The van der Waals surface area contributed by atoms with Gasteiger partial charge in [-0.05, 0) is 13.8 Å². The van der Waals surface area contributed by atoms with Gasteiger partial charge < -0.3 is 20.4 Å². The van der Waals surface area contributed by atoms with Crippen LogP contribution in [-0.2, 0) is 11.3 Å². The molecule has 20 heavy (non-hydrogen) atoms. The van der Waals surface area contributed by atoms with Gasteiger partial charge in [0.1, 0.15) is 5.82 Å². The standard InChI is InChI=1S/C11H19N5O4/c1-7-13-8(15-14-7)5-16(3)10(19)12-6-11(2,20)4-9(17)18/h20H,4-6H2,1-3H3,(H,12,19)(H,17,18)(H,13,14,15). The number of urea groups is 1. The summed E-state index contributed by atoms with van der Waals surface area (Å²) in [5.74, 6) is -0.00977. The van der Waals surface area contributed by atoms with Crippen molar-refractivity contribution in [1.29, 1.82) is 0 Å². The topological polar surface area (TPSA) is 131 Å². The first-order valence-electron chi connectivity index (χ1n) is 6.00. The summed E-state index contributed by atoms with van der Waals surface area (Å²) in [5.41, 5.74) is -1.50. The number of H-pyrrole nitrogens is 1. The summed E-state index contributed by atoms with van der Waals surface area (Å²) in [7, 11) is 1.55. The summed E-state index contributed by atoms with van der Waals surface area (Å²) < 4.78 is 0. The lowest BCUT2D eigenvalue weighted by Gasteiger charge is -2.23. The second kappa shape index (κ2) is 6.33. The van der Waals surface area contributed by atoms with Crippen molar-refractivity contribution in [2.24, 2.45) is 0 Å². The van der Waals surface area contributed by atoms with Gasteiger partial charge in [-0.2, -0.15) is 5.10 Å². The van der Waals surface area contributed by atoms with Gasteiger partial charge >= 0.3 is 12.0 Å². The highest BCUT2D eigenvalue weighted by Crippen LogP contribution is 2.07. The summed E-state index contributed by atoms with van der Waals surface area (Å²) in [6, 6.07) is -0.446. The Morgan fingerprint density at radius 3 is 2.65 bits per heavy atom. The number of nitrogens with one attached hydrogen (secondary N) is 2. The molecule has 0 aliphatic carbocycles. The first-order valence-corrected chi connectivity index (χ1v) is 6.00. The largest absolute Gasteiger partial charge is 0.481 e. The van der Waals surface area contributed by atoms with E-state index in [-0.39, 0.29) is 13.1 Å². The summed E-state index contributed by atoms with van der Waals surface area (Å²) >= 11 is 0. The SMILES string of the molecule is Cc1nc(CN(C)C(=O)NCC(C)(O)CC(=O)O)n[nH]1. The molecule has 0 spiro atoms. The number of aliphatic carboxylic acids is 1. The molecule has 0 aromatic carbocycles. The van der Waals surface area contributed by atoms with E-state index in [1.165, 1.54) is 11.8 Å². The van der Waals surface area contributed by atoms with E-state index in [1.54, 1.807) is 14.0 Å². The van der Waals surface area contributed by atoms with Crippen LogP contribution in [0.3, 0.4) is 0 Å². The van der Waals surface area contributed by atoms with Gasteiger partial charge in [-0.1, -0.05) is 0 Å². The molecule has 1 unspecified atom stereocenters. The van der Waals surface area contributed by atoms with Crippen LogP contribution in [0.25, 0.3) is 0 Å². The molecule has 112 valence electrons.